The molecule has 0 amide bonds. The Hall–Kier alpha value is -1.35. The van der Waals surface area contributed by atoms with Crippen molar-refractivity contribution in [1.29, 1.82) is 0 Å². The lowest BCUT2D eigenvalue weighted by Crippen LogP contribution is -2.10. The number of aliphatic hydroxyl groups excluding tert-OH is 1. The molecule has 0 atom stereocenters. The van der Waals surface area contributed by atoms with E-state index >= 15 is 0 Å². The summed E-state index contributed by atoms with van der Waals surface area (Å²) >= 11 is 0. The molecule has 1 rings (SSSR count). The van der Waals surface area contributed by atoms with Crippen molar-refractivity contribution >= 4 is 5.97 Å². The Morgan fingerprint density at radius 2 is 2.12 bits per heavy atom. The molecule has 0 spiro atoms. The highest BCUT2D eigenvalue weighted by Gasteiger charge is 2.07. The Balaban J connectivity index is 2.52. The van der Waals surface area contributed by atoms with Crippen LogP contribution in [0.4, 0.5) is 0 Å². The van der Waals surface area contributed by atoms with E-state index in [0.717, 1.165) is 16.7 Å². The highest BCUT2D eigenvalue weighted by molar-refractivity contribution is 5.73. The second kappa shape index (κ2) is 6.28. The molecule has 0 heterocycles. The van der Waals surface area contributed by atoms with E-state index in [1.54, 1.807) is 0 Å². The Bertz CT molecular complexity index is 358. The first-order valence-corrected chi connectivity index (χ1v) is 5.46. The molecule has 0 radical (unpaired) electrons. The van der Waals surface area contributed by atoms with Gasteiger partial charge in [-0.3, -0.25) is 4.79 Å². The maximum Gasteiger partial charge on any atom is 0.310 e. The first-order valence-electron chi connectivity index (χ1n) is 5.46. The van der Waals surface area contributed by atoms with E-state index in [-0.39, 0.29) is 12.6 Å². The molecule has 1 aromatic carbocycles. The maximum absolute atomic E-state index is 11.4. The van der Waals surface area contributed by atoms with Crippen molar-refractivity contribution in [1.82, 2.24) is 0 Å². The standard InChI is InChI=1S/C13H18O3/c1-10-4-5-11(2)12(8-10)9-13(15)16-7-3-6-14/h4-5,8,14H,3,6-7,9H2,1-2H3. The molecule has 16 heavy (non-hydrogen) atoms. The van der Waals surface area contributed by atoms with Gasteiger partial charge in [0.2, 0.25) is 0 Å². The lowest BCUT2D eigenvalue weighted by Gasteiger charge is -2.07. The summed E-state index contributed by atoms with van der Waals surface area (Å²) in [4.78, 5) is 11.4. The number of hydrogen-bond donors (Lipinski definition) is 1. The van der Waals surface area contributed by atoms with Crippen LogP contribution in [-0.4, -0.2) is 24.3 Å². The topological polar surface area (TPSA) is 46.5 Å². The Kier molecular flexibility index (Phi) is 4.99. The molecule has 1 N–H and O–H groups in total. The van der Waals surface area contributed by atoms with Crippen LogP contribution in [0, 0.1) is 13.8 Å². The Morgan fingerprint density at radius 1 is 1.38 bits per heavy atom. The molecule has 0 aliphatic rings. The van der Waals surface area contributed by atoms with Gasteiger partial charge in [0.1, 0.15) is 0 Å². The number of carbonyl (C=O) groups is 1. The summed E-state index contributed by atoms with van der Waals surface area (Å²) in [6.45, 7) is 4.33. The van der Waals surface area contributed by atoms with Crippen molar-refractivity contribution < 1.29 is 14.6 Å². The number of benzene rings is 1. The summed E-state index contributed by atoms with van der Waals surface area (Å²) in [6, 6.07) is 6.03. The predicted molar refractivity (Wildman–Crippen MR) is 62.3 cm³/mol. The van der Waals surface area contributed by atoms with Crippen molar-refractivity contribution in [2.24, 2.45) is 0 Å². The fraction of sp³-hybridized carbons (Fsp3) is 0.462. The van der Waals surface area contributed by atoms with Crippen molar-refractivity contribution in [3.8, 4) is 0 Å². The average molecular weight is 222 g/mol. The summed E-state index contributed by atoms with van der Waals surface area (Å²) in [5.74, 6) is -0.234. The van der Waals surface area contributed by atoms with Crippen molar-refractivity contribution in [2.45, 2.75) is 26.7 Å². The molecule has 0 saturated heterocycles. The molecule has 0 unspecified atom stereocenters. The summed E-state index contributed by atoms with van der Waals surface area (Å²) in [6.07, 6.45) is 0.803. The first kappa shape index (κ1) is 12.7. The maximum atomic E-state index is 11.4. The molecule has 0 aliphatic heterocycles. The highest BCUT2D eigenvalue weighted by Crippen LogP contribution is 2.11. The van der Waals surface area contributed by atoms with E-state index in [1.807, 2.05) is 32.0 Å². The van der Waals surface area contributed by atoms with Gasteiger partial charge in [-0.25, -0.2) is 0 Å². The van der Waals surface area contributed by atoms with E-state index in [9.17, 15) is 4.79 Å². The van der Waals surface area contributed by atoms with Crippen LogP contribution in [0.25, 0.3) is 0 Å². The summed E-state index contributed by atoms with van der Waals surface area (Å²) in [7, 11) is 0. The van der Waals surface area contributed by atoms with Gasteiger partial charge in [-0.05, 0) is 25.0 Å². The van der Waals surface area contributed by atoms with Crippen LogP contribution in [0.1, 0.15) is 23.1 Å². The van der Waals surface area contributed by atoms with Crippen LogP contribution in [0.5, 0.6) is 0 Å². The smallest absolute Gasteiger partial charge is 0.310 e. The molecule has 0 fully saturated rings. The quantitative estimate of drug-likeness (QED) is 0.610. The number of aliphatic hydroxyl groups is 1. The van der Waals surface area contributed by atoms with E-state index in [4.69, 9.17) is 9.84 Å². The van der Waals surface area contributed by atoms with Gasteiger partial charge in [0.25, 0.3) is 0 Å². The number of ether oxygens (including phenoxy) is 1. The predicted octanol–water partition coefficient (Wildman–Crippen LogP) is 1.77. The van der Waals surface area contributed by atoms with Gasteiger partial charge >= 0.3 is 5.97 Å². The fourth-order valence-electron chi connectivity index (χ4n) is 1.45. The van der Waals surface area contributed by atoms with Crippen molar-refractivity contribution in [2.75, 3.05) is 13.2 Å². The third kappa shape index (κ3) is 4.03. The van der Waals surface area contributed by atoms with Gasteiger partial charge in [-0.1, -0.05) is 23.8 Å². The van der Waals surface area contributed by atoms with Crippen LogP contribution in [-0.2, 0) is 16.0 Å². The van der Waals surface area contributed by atoms with Crippen LogP contribution in [0.3, 0.4) is 0 Å². The second-order valence-corrected chi connectivity index (χ2v) is 3.90. The third-order valence-electron chi connectivity index (χ3n) is 2.40. The molecule has 0 aromatic heterocycles. The summed E-state index contributed by atoms with van der Waals surface area (Å²) < 4.78 is 4.98. The minimum absolute atomic E-state index is 0.0523. The summed E-state index contributed by atoms with van der Waals surface area (Å²) in [5.41, 5.74) is 3.25. The highest BCUT2D eigenvalue weighted by atomic mass is 16.5. The molecule has 1 aromatic rings. The Morgan fingerprint density at radius 3 is 2.81 bits per heavy atom. The number of carbonyl (C=O) groups excluding carboxylic acids is 1. The number of rotatable bonds is 5. The van der Waals surface area contributed by atoms with Crippen LogP contribution >= 0.6 is 0 Å². The minimum Gasteiger partial charge on any atom is -0.465 e. The Labute approximate surface area is 96.1 Å². The van der Waals surface area contributed by atoms with E-state index in [0.29, 0.717) is 19.4 Å². The van der Waals surface area contributed by atoms with Gasteiger partial charge in [-0.2, -0.15) is 0 Å². The SMILES string of the molecule is Cc1ccc(C)c(CC(=O)OCCCO)c1. The monoisotopic (exact) mass is 222 g/mol. The molecule has 3 nitrogen and oxygen atoms in total. The number of aryl methyl sites for hydroxylation is 2. The zero-order chi connectivity index (χ0) is 12.0. The van der Waals surface area contributed by atoms with Crippen LogP contribution < -0.4 is 0 Å². The zero-order valence-electron chi connectivity index (χ0n) is 9.82. The zero-order valence-corrected chi connectivity index (χ0v) is 9.82. The molecular formula is C13H18O3. The number of hydrogen-bond acceptors (Lipinski definition) is 3. The summed E-state index contributed by atoms with van der Waals surface area (Å²) in [5, 5.41) is 8.56. The van der Waals surface area contributed by atoms with E-state index in [1.165, 1.54) is 0 Å². The fourth-order valence-corrected chi connectivity index (χ4v) is 1.45. The van der Waals surface area contributed by atoms with Crippen molar-refractivity contribution in [3.05, 3.63) is 34.9 Å². The van der Waals surface area contributed by atoms with E-state index < -0.39 is 0 Å². The van der Waals surface area contributed by atoms with E-state index in [2.05, 4.69) is 0 Å². The molecule has 0 bridgehead atoms. The third-order valence-corrected chi connectivity index (χ3v) is 2.40. The second-order valence-electron chi connectivity index (χ2n) is 3.90. The minimum atomic E-state index is -0.234. The van der Waals surface area contributed by atoms with Gasteiger partial charge in [0.05, 0.1) is 13.0 Å². The first-order chi connectivity index (χ1) is 7.63. The van der Waals surface area contributed by atoms with Gasteiger partial charge < -0.3 is 9.84 Å². The molecule has 0 aliphatic carbocycles. The van der Waals surface area contributed by atoms with Crippen molar-refractivity contribution in [3.63, 3.8) is 0 Å². The number of esters is 1. The van der Waals surface area contributed by atoms with Crippen LogP contribution in [0.2, 0.25) is 0 Å². The van der Waals surface area contributed by atoms with Gasteiger partial charge in [-0.15, -0.1) is 0 Å². The molecule has 0 saturated carbocycles. The molecular weight excluding hydrogens is 204 g/mol. The normalized spacial score (nSPS) is 10.2. The largest absolute Gasteiger partial charge is 0.465 e. The van der Waals surface area contributed by atoms with Gasteiger partial charge in [0.15, 0.2) is 0 Å². The lowest BCUT2D eigenvalue weighted by molar-refractivity contribution is -0.143. The van der Waals surface area contributed by atoms with Crippen LogP contribution in [0.15, 0.2) is 18.2 Å². The average Bonchev–Trinajstić information content (AvgIpc) is 2.24. The molecule has 3 heteroatoms. The lowest BCUT2D eigenvalue weighted by atomic mass is 10.0. The molecule has 88 valence electrons. The van der Waals surface area contributed by atoms with Gasteiger partial charge in [0, 0.05) is 13.0 Å².